The fourth-order valence-electron chi connectivity index (χ4n) is 2.08. The minimum Gasteiger partial charge on any atom is -0.348 e. The van der Waals surface area contributed by atoms with Gasteiger partial charge in [-0.15, -0.1) is 10.2 Å². The molecular formula is C16H22N4OS2. The molecule has 0 atom stereocenters. The maximum Gasteiger partial charge on any atom is 0.232 e. The molecule has 0 spiro atoms. The predicted octanol–water partition coefficient (Wildman–Crippen LogP) is 3.59. The number of rotatable bonds is 7. The molecule has 2 rings (SSSR count). The number of benzene rings is 1. The number of anilines is 2. The number of amides is 1. The monoisotopic (exact) mass is 350 g/mol. The van der Waals surface area contributed by atoms with E-state index in [1.54, 1.807) is 19.0 Å². The van der Waals surface area contributed by atoms with Crippen molar-refractivity contribution in [1.82, 2.24) is 15.1 Å². The van der Waals surface area contributed by atoms with Gasteiger partial charge in [0.2, 0.25) is 11.0 Å². The zero-order valence-electron chi connectivity index (χ0n) is 13.9. The maximum atomic E-state index is 11.6. The number of aryl methyl sites for hydroxylation is 2. The minimum atomic E-state index is 0.0734. The van der Waals surface area contributed by atoms with Gasteiger partial charge in [0.05, 0.1) is 5.75 Å². The molecule has 0 fully saturated rings. The second-order valence-corrected chi connectivity index (χ2v) is 7.43. The van der Waals surface area contributed by atoms with Crippen LogP contribution < -0.4 is 5.32 Å². The van der Waals surface area contributed by atoms with E-state index in [1.807, 2.05) is 0 Å². The van der Waals surface area contributed by atoms with Crippen molar-refractivity contribution in [3.63, 3.8) is 0 Å². The van der Waals surface area contributed by atoms with E-state index in [1.165, 1.54) is 34.2 Å². The summed E-state index contributed by atoms with van der Waals surface area (Å²) in [5.41, 5.74) is 3.68. The van der Waals surface area contributed by atoms with E-state index in [2.05, 4.69) is 47.6 Å². The zero-order chi connectivity index (χ0) is 16.8. The number of nitrogens with zero attached hydrogens (tertiary/aromatic N) is 3. The van der Waals surface area contributed by atoms with Gasteiger partial charge in [0.25, 0.3) is 0 Å². The van der Waals surface area contributed by atoms with Gasteiger partial charge in [0.15, 0.2) is 4.34 Å². The van der Waals surface area contributed by atoms with Gasteiger partial charge in [-0.2, -0.15) is 0 Å². The molecule has 1 aromatic carbocycles. The van der Waals surface area contributed by atoms with Gasteiger partial charge in [-0.1, -0.05) is 55.1 Å². The van der Waals surface area contributed by atoms with Crippen LogP contribution in [0.5, 0.6) is 0 Å². The Bertz CT molecular complexity index is 648. The van der Waals surface area contributed by atoms with Crippen molar-refractivity contribution in [3.8, 4) is 0 Å². The van der Waals surface area contributed by atoms with E-state index < -0.39 is 0 Å². The highest BCUT2D eigenvalue weighted by atomic mass is 32.2. The average Bonchev–Trinajstić information content (AvgIpc) is 3.00. The Morgan fingerprint density at radius 2 is 1.87 bits per heavy atom. The molecule has 1 heterocycles. The number of carbonyl (C=O) groups excluding carboxylic acids is 1. The standard InChI is InChI=1S/C16H22N4OS2/c1-5-11-8-7-9-12(6-2)14(11)17-15-18-19-16(23-15)22-10-13(21)20(3)4/h7-9H,5-6,10H2,1-4H3,(H,17,18). The first-order valence-corrected chi connectivity index (χ1v) is 9.39. The fourth-order valence-corrected chi connectivity index (χ4v) is 3.82. The molecule has 0 aliphatic carbocycles. The Morgan fingerprint density at radius 3 is 2.43 bits per heavy atom. The van der Waals surface area contributed by atoms with Crippen molar-refractivity contribution in [2.24, 2.45) is 0 Å². The Hall–Kier alpha value is -1.60. The third-order valence-electron chi connectivity index (χ3n) is 3.46. The Kier molecular flexibility index (Phi) is 6.41. The van der Waals surface area contributed by atoms with Gasteiger partial charge in [-0.3, -0.25) is 4.79 Å². The Balaban J connectivity index is 2.09. The van der Waals surface area contributed by atoms with Gasteiger partial charge in [0.1, 0.15) is 0 Å². The molecule has 1 aromatic heterocycles. The van der Waals surface area contributed by atoms with Crippen LogP contribution in [0.25, 0.3) is 0 Å². The largest absolute Gasteiger partial charge is 0.348 e. The van der Waals surface area contributed by atoms with Crippen molar-refractivity contribution >= 4 is 39.8 Å². The van der Waals surface area contributed by atoms with Gasteiger partial charge < -0.3 is 10.2 Å². The van der Waals surface area contributed by atoms with E-state index in [9.17, 15) is 4.79 Å². The summed E-state index contributed by atoms with van der Waals surface area (Å²) in [6.07, 6.45) is 1.93. The number of hydrogen-bond donors (Lipinski definition) is 1. The summed E-state index contributed by atoms with van der Waals surface area (Å²) in [7, 11) is 3.51. The molecule has 2 aromatic rings. The lowest BCUT2D eigenvalue weighted by molar-refractivity contribution is -0.125. The summed E-state index contributed by atoms with van der Waals surface area (Å²) < 4.78 is 0.801. The molecule has 5 nitrogen and oxygen atoms in total. The molecule has 1 N–H and O–H groups in total. The fraction of sp³-hybridized carbons (Fsp3) is 0.438. The quantitative estimate of drug-likeness (QED) is 0.773. The van der Waals surface area contributed by atoms with Crippen LogP contribution in [0.1, 0.15) is 25.0 Å². The zero-order valence-corrected chi connectivity index (χ0v) is 15.6. The Morgan fingerprint density at radius 1 is 1.22 bits per heavy atom. The molecule has 0 bridgehead atoms. The predicted molar refractivity (Wildman–Crippen MR) is 97.8 cm³/mol. The molecule has 1 amide bonds. The summed E-state index contributed by atoms with van der Waals surface area (Å²) in [6, 6.07) is 6.36. The molecule has 0 saturated carbocycles. The van der Waals surface area contributed by atoms with Crippen molar-refractivity contribution < 1.29 is 4.79 Å². The highest BCUT2D eigenvalue weighted by Crippen LogP contribution is 2.31. The number of para-hydroxylation sites is 1. The summed E-state index contributed by atoms with van der Waals surface area (Å²) in [5, 5.41) is 12.5. The third kappa shape index (κ3) is 4.68. The van der Waals surface area contributed by atoms with E-state index in [0.717, 1.165) is 28.0 Å². The molecule has 7 heteroatoms. The van der Waals surface area contributed by atoms with Crippen molar-refractivity contribution in [2.75, 3.05) is 25.2 Å². The highest BCUT2D eigenvalue weighted by Gasteiger charge is 2.12. The van der Waals surface area contributed by atoms with Crippen LogP contribution in [0.15, 0.2) is 22.5 Å². The van der Waals surface area contributed by atoms with Crippen LogP contribution in [0.3, 0.4) is 0 Å². The molecule has 23 heavy (non-hydrogen) atoms. The van der Waals surface area contributed by atoms with E-state index in [0.29, 0.717) is 5.75 Å². The molecular weight excluding hydrogens is 328 g/mol. The molecule has 0 aliphatic rings. The topological polar surface area (TPSA) is 58.1 Å². The summed E-state index contributed by atoms with van der Waals surface area (Å²) in [4.78, 5) is 13.2. The molecule has 0 aliphatic heterocycles. The van der Waals surface area contributed by atoms with Crippen molar-refractivity contribution in [1.29, 1.82) is 0 Å². The second-order valence-electron chi connectivity index (χ2n) is 5.23. The number of hydrogen-bond acceptors (Lipinski definition) is 6. The first kappa shape index (κ1) is 17.7. The number of aromatic nitrogens is 2. The maximum absolute atomic E-state index is 11.6. The van der Waals surface area contributed by atoms with Gasteiger partial charge >= 0.3 is 0 Å². The summed E-state index contributed by atoms with van der Waals surface area (Å²) in [5.74, 6) is 0.456. The number of nitrogens with one attached hydrogen (secondary N) is 1. The molecule has 0 radical (unpaired) electrons. The van der Waals surface area contributed by atoms with Crippen molar-refractivity contribution in [2.45, 2.75) is 31.0 Å². The number of carbonyl (C=O) groups is 1. The second kappa shape index (κ2) is 8.31. The lowest BCUT2D eigenvalue weighted by atomic mass is 10.0. The normalized spacial score (nSPS) is 10.6. The SMILES string of the molecule is CCc1cccc(CC)c1Nc1nnc(SCC(=O)N(C)C)s1. The van der Waals surface area contributed by atoms with Gasteiger partial charge in [0, 0.05) is 19.8 Å². The smallest absolute Gasteiger partial charge is 0.232 e. The van der Waals surface area contributed by atoms with Crippen LogP contribution in [0.4, 0.5) is 10.8 Å². The molecule has 124 valence electrons. The lowest BCUT2D eigenvalue weighted by Gasteiger charge is -2.13. The lowest BCUT2D eigenvalue weighted by Crippen LogP contribution is -2.23. The van der Waals surface area contributed by atoms with E-state index in [4.69, 9.17) is 0 Å². The van der Waals surface area contributed by atoms with Gasteiger partial charge in [-0.05, 0) is 24.0 Å². The molecule has 0 saturated heterocycles. The van der Waals surface area contributed by atoms with Crippen LogP contribution >= 0.6 is 23.1 Å². The van der Waals surface area contributed by atoms with Crippen molar-refractivity contribution in [3.05, 3.63) is 29.3 Å². The summed E-state index contributed by atoms with van der Waals surface area (Å²) in [6.45, 7) is 4.29. The van der Waals surface area contributed by atoms with Gasteiger partial charge in [-0.25, -0.2) is 0 Å². The highest BCUT2D eigenvalue weighted by molar-refractivity contribution is 8.01. The first-order chi connectivity index (χ1) is 11.0. The van der Waals surface area contributed by atoms with E-state index >= 15 is 0 Å². The number of thioether (sulfide) groups is 1. The van der Waals surface area contributed by atoms with Crippen LogP contribution in [-0.4, -0.2) is 40.9 Å². The Labute approximate surface area is 145 Å². The average molecular weight is 351 g/mol. The van der Waals surface area contributed by atoms with Crippen LogP contribution in [-0.2, 0) is 17.6 Å². The van der Waals surface area contributed by atoms with Crippen LogP contribution in [0.2, 0.25) is 0 Å². The van der Waals surface area contributed by atoms with Crippen LogP contribution in [0, 0.1) is 0 Å². The third-order valence-corrected chi connectivity index (χ3v) is 5.41. The van der Waals surface area contributed by atoms with E-state index in [-0.39, 0.29) is 5.91 Å². The summed E-state index contributed by atoms with van der Waals surface area (Å²) >= 11 is 2.90. The minimum absolute atomic E-state index is 0.0734. The molecule has 0 unspecified atom stereocenters. The first-order valence-electron chi connectivity index (χ1n) is 7.59.